The van der Waals surface area contributed by atoms with Crippen LogP contribution in [0.25, 0.3) is 0 Å². The molecule has 134 valence electrons. The number of amides is 1. The van der Waals surface area contributed by atoms with E-state index in [1.165, 1.54) is 32.4 Å². The highest BCUT2D eigenvalue weighted by atomic mass is 19.2. The molecule has 0 spiro atoms. The zero-order chi connectivity index (χ0) is 19.3. The van der Waals surface area contributed by atoms with Crippen molar-refractivity contribution in [2.45, 2.75) is 0 Å². The van der Waals surface area contributed by atoms with Crippen LogP contribution in [0, 0.1) is 28.9 Å². The van der Waals surface area contributed by atoms with Crippen molar-refractivity contribution in [1.82, 2.24) is 0 Å². The first-order chi connectivity index (χ1) is 12.4. The molecule has 1 N–H and O–H groups in total. The molecule has 1 unspecified atom stereocenters. The fourth-order valence-electron chi connectivity index (χ4n) is 2.18. The van der Waals surface area contributed by atoms with Crippen LogP contribution >= 0.6 is 0 Å². The van der Waals surface area contributed by atoms with Gasteiger partial charge in [-0.05, 0) is 30.3 Å². The second-order valence-electron chi connectivity index (χ2n) is 5.11. The number of benzene rings is 2. The number of carbonyl (C=O) groups is 2. The molecule has 6 nitrogen and oxygen atoms in total. The van der Waals surface area contributed by atoms with E-state index >= 15 is 0 Å². The summed E-state index contributed by atoms with van der Waals surface area (Å²) in [7, 11) is 2.86. The Bertz CT molecular complexity index is 893. The second-order valence-corrected chi connectivity index (χ2v) is 5.11. The Morgan fingerprint density at radius 1 is 1.04 bits per heavy atom. The van der Waals surface area contributed by atoms with Gasteiger partial charge in [-0.3, -0.25) is 9.59 Å². The molecule has 2 rings (SSSR count). The normalized spacial score (nSPS) is 11.2. The third-order valence-corrected chi connectivity index (χ3v) is 3.51. The summed E-state index contributed by atoms with van der Waals surface area (Å²) in [5.41, 5.74) is -0.0103. The molecule has 0 bridgehead atoms. The molecular weight excluding hydrogens is 346 g/mol. The molecule has 0 saturated heterocycles. The van der Waals surface area contributed by atoms with Gasteiger partial charge in [0, 0.05) is 17.3 Å². The Labute approximate surface area is 148 Å². The highest BCUT2D eigenvalue weighted by molar-refractivity contribution is 6.15. The van der Waals surface area contributed by atoms with Crippen molar-refractivity contribution in [3.05, 3.63) is 53.6 Å². The number of nitrogens with one attached hydrogen (secondary N) is 1. The number of halogens is 2. The first kappa shape index (κ1) is 18.9. The molecule has 0 aliphatic heterocycles. The van der Waals surface area contributed by atoms with Crippen LogP contribution < -0.4 is 14.8 Å². The topological polar surface area (TPSA) is 88.4 Å². The fraction of sp³-hybridized carbons (Fsp3) is 0.167. The lowest BCUT2D eigenvalue weighted by Crippen LogP contribution is -2.28. The van der Waals surface area contributed by atoms with E-state index in [9.17, 15) is 18.4 Å². The number of nitriles is 1. The molecular formula is C18H14F2N2O4. The van der Waals surface area contributed by atoms with E-state index in [1.54, 1.807) is 6.07 Å². The number of ether oxygens (including phenoxy) is 2. The van der Waals surface area contributed by atoms with Crippen LogP contribution in [0.4, 0.5) is 14.5 Å². The zero-order valence-corrected chi connectivity index (χ0v) is 13.9. The predicted molar refractivity (Wildman–Crippen MR) is 88.0 cm³/mol. The zero-order valence-electron chi connectivity index (χ0n) is 13.9. The molecule has 0 aromatic heterocycles. The van der Waals surface area contributed by atoms with E-state index in [-0.39, 0.29) is 11.3 Å². The fourth-order valence-corrected chi connectivity index (χ4v) is 2.18. The lowest BCUT2D eigenvalue weighted by Gasteiger charge is -2.12. The summed E-state index contributed by atoms with van der Waals surface area (Å²) in [4.78, 5) is 24.5. The van der Waals surface area contributed by atoms with Crippen molar-refractivity contribution in [1.29, 1.82) is 5.26 Å². The minimum Gasteiger partial charge on any atom is -0.493 e. The van der Waals surface area contributed by atoms with Crippen LogP contribution in [0.15, 0.2) is 36.4 Å². The Kier molecular flexibility index (Phi) is 5.86. The summed E-state index contributed by atoms with van der Waals surface area (Å²) >= 11 is 0. The van der Waals surface area contributed by atoms with Gasteiger partial charge in [-0.2, -0.15) is 5.26 Å². The minimum atomic E-state index is -1.73. The van der Waals surface area contributed by atoms with Gasteiger partial charge in [0.1, 0.15) is 0 Å². The molecule has 0 saturated carbocycles. The molecule has 1 atom stereocenters. The largest absolute Gasteiger partial charge is 0.493 e. The molecule has 2 aromatic carbocycles. The standard InChI is InChI=1S/C18H14F2N2O4/c1-25-15-6-4-11(8-16(15)26-2)22-18(24)12(9-21)17(23)10-3-5-13(19)14(20)7-10/h3-8,12H,1-2H3,(H,22,24). The molecule has 0 aliphatic rings. The maximum Gasteiger partial charge on any atom is 0.249 e. The molecule has 2 aromatic rings. The van der Waals surface area contributed by atoms with E-state index in [2.05, 4.69) is 5.32 Å². The lowest BCUT2D eigenvalue weighted by atomic mass is 9.97. The van der Waals surface area contributed by atoms with Crippen LogP contribution in [-0.4, -0.2) is 25.9 Å². The molecule has 0 radical (unpaired) electrons. The van der Waals surface area contributed by atoms with Crippen LogP contribution in [0.2, 0.25) is 0 Å². The predicted octanol–water partition coefficient (Wildman–Crippen LogP) is 2.94. The number of anilines is 1. The van der Waals surface area contributed by atoms with E-state index in [0.29, 0.717) is 17.6 Å². The van der Waals surface area contributed by atoms with Gasteiger partial charge in [0.25, 0.3) is 0 Å². The quantitative estimate of drug-likeness (QED) is 0.632. The minimum absolute atomic E-state index is 0.269. The number of methoxy groups -OCH3 is 2. The average Bonchev–Trinajstić information content (AvgIpc) is 2.64. The SMILES string of the molecule is COc1ccc(NC(=O)C(C#N)C(=O)c2ccc(F)c(F)c2)cc1OC. The third kappa shape index (κ3) is 3.95. The van der Waals surface area contributed by atoms with Crippen molar-refractivity contribution in [2.24, 2.45) is 5.92 Å². The number of carbonyl (C=O) groups excluding carboxylic acids is 2. The smallest absolute Gasteiger partial charge is 0.249 e. The van der Waals surface area contributed by atoms with Crippen LogP contribution in [-0.2, 0) is 4.79 Å². The van der Waals surface area contributed by atoms with Crippen LogP contribution in [0.1, 0.15) is 10.4 Å². The summed E-state index contributed by atoms with van der Waals surface area (Å²) in [5, 5.41) is 11.6. The van der Waals surface area contributed by atoms with Crippen molar-refractivity contribution in [3.8, 4) is 17.6 Å². The van der Waals surface area contributed by atoms with Crippen LogP contribution in [0.5, 0.6) is 11.5 Å². The summed E-state index contributed by atoms with van der Waals surface area (Å²) < 4.78 is 36.4. The maximum atomic E-state index is 13.3. The number of hydrogen-bond donors (Lipinski definition) is 1. The van der Waals surface area contributed by atoms with Gasteiger partial charge in [0.15, 0.2) is 34.8 Å². The summed E-state index contributed by atoms with van der Waals surface area (Å²) in [5.74, 6) is -5.18. The van der Waals surface area contributed by atoms with Crippen molar-refractivity contribution < 1.29 is 27.8 Å². The average molecular weight is 360 g/mol. The number of nitrogens with zero attached hydrogens (tertiary/aromatic N) is 1. The Morgan fingerprint density at radius 3 is 2.31 bits per heavy atom. The second kappa shape index (κ2) is 8.07. The molecule has 1 amide bonds. The Hall–Kier alpha value is -3.47. The van der Waals surface area contributed by atoms with Gasteiger partial charge >= 0.3 is 0 Å². The van der Waals surface area contributed by atoms with E-state index in [1.807, 2.05) is 0 Å². The number of hydrogen-bond acceptors (Lipinski definition) is 5. The lowest BCUT2D eigenvalue weighted by molar-refractivity contribution is -0.117. The van der Waals surface area contributed by atoms with E-state index in [0.717, 1.165) is 12.1 Å². The van der Waals surface area contributed by atoms with Gasteiger partial charge in [0.05, 0.1) is 20.3 Å². The van der Waals surface area contributed by atoms with Crippen LogP contribution in [0.3, 0.4) is 0 Å². The van der Waals surface area contributed by atoms with Gasteiger partial charge in [0.2, 0.25) is 5.91 Å². The number of rotatable bonds is 6. The third-order valence-electron chi connectivity index (χ3n) is 3.51. The molecule has 0 aliphatic carbocycles. The van der Waals surface area contributed by atoms with E-state index in [4.69, 9.17) is 14.7 Å². The van der Waals surface area contributed by atoms with Crippen molar-refractivity contribution in [3.63, 3.8) is 0 Å². The molecule has 26 heavy (non-hydrogen) atoms. The molecule has 0 fully saturated rings. The summed E-state index contributed by atoms with van der Waals surface area (Å²) in [6, 6.07) is 8.46. The number of Topliss-reactive ketones (excluding diaryl/α,β-unsaturated/α-hetero) is 1. The highest BCUT2D eigenvalue weighted by Gasteiger charge is 2.28. The first-order valence-electron chi connectivity index (χ1n) is 7.33. The maximum absolute atomic E-state index is 13.3. The Balaban J connectivity index is 2.22. The van der Waals surface area contributed by atoms with E-state index < -0.39 is 29.2 Å². The van der Waals surface area contributed by atoms with Gasteiger partial charge in [-0.1, -0.05) is 0 Å². The Morgan fingerprint density at radius 2 is 1.73 bits per heavy atom. The first-order valence-corrected chi connectivity index (χ1v) is 7.33. The van der Waals surface area contributed by atoms with Crippen molar-refractivity contribution >= 4 is 17.4 Å². The monoisotopic (exact) mass is 360 g/mol. The summed E-state index contributed by atoms with van der Waals surface area (Å²) in [6.07, 6.45) is 0. The van der Waals surface area contributed by atoms with Gasteiger partial charge in [-0.15, -0.1) is 0 Å². The summed E-state index contributed by atoms with van der Waals surface area (Å²) in [6.45, 7) is 0. The highest BCUT2D eigenvalue weighted by Crippen LogP contribution is 2.30. The van der Waals surface area contributed by atoms with Gasteiger partial charge < -0.3 is 14.8 Å². The molecule has 8 heteroatoms. The number of ketones is 1. The molecule has 0 heterocycles. The van der Waals surface area contributed by atoms with Crippen molar-refractivity contribution in [2.75, 3.05) is 19.5 Å². The van der Waals surface area contributed by atoms with Gasteiger partial charge in [-0.25, -0.2) is 8.78 Å².